The Morgan fingerprint density at radius 2 is 2.00 bits per heavy atom. The largest absolute Gasteiger partial charge is 0.480 e. The van der Waals surface area contributed by atoms with Crippen LogP contribution in [0.4, 0.5) is 4.39 Å². The fourth-order valence-electron chi connectivity index (χ4n) is 1.98. The number of aliphatic carboxylic acids is 1. The van der Waals surface area contributed by atoms with Crippen LogP contribution in [0.5, 0.6) is 0 Å². The number of benzene rings is 1. The Morgan fingerprint density at radius 3 is 2.47 bits per heavy atom. The number of halogens is 3. The minimum atomic E-state index is -0.914. The fraction of sp³-hybridized carbons (Fsp3) is 0.462. The molecule has 0 aliphatic rings. The molecule has 0 radical (unpaired) electrons. The average Bonchev–Trinajstić information content (AvgIpc) is 2.33. The molecule has 0 aliphatic carbocycles. The normalized spacial score (nSPS) is 14.5. The molecule has 1 aromatic rings. The van der Waals surface area contributed by atoms with Crippen molar-refractivity contribution in [3.8, 4) is 0 Å². The van der Waals surface area contributed by atoms with Gasteiger partial charge in [0.25, 0.3) is 0 Å². The van der Waals surface area contributed by atoms with Crippen molar-refractivity contribution in [1.29, 1.82) is 0 Å². The van der Waals surface area contributed by atoms with Crippen LogP contribution < -0.4 is 0 Å². The molecule has 0 saturated heterocycles. The van der Waals surface area contributed by atoms with E-state index in [9.17, 15) is 9.18 Å². The Morgan fingerprint density at radius 1 is 1.42 bits per heavy atom. The number of likely N-dealkylation sites (N-methyl/N-ethyl adjacent to an activating group) is 1. The van der Waals surface area contributed by atoms with E-state index in [1.54, 1.807) is 25.8 Å². The number of carbonyl (C=O) groups is 1. The fourth-order valence-corrected chi connectivity index (χ4v) is 2.53. The van der Waals surface area contributed by atoms with Crippen molar-refractivity contribution in [2.45, 2.75) is 32.4 Å². The van der Waals surface area contributed by atoms with Crippen LogP contribution in [-0.4, -0.2) is 29.1 Å². The smallest absolute Gasteiger partial charge is 0.320 e. The lowest BCUT2D eigenvalue weighted by Gasteiger charge is -2.30. The average molecular weight is 308 g/mol. The highest BCUT2D eigenvalue weighted by molar-refractivity contribution is 6.35. The summed E-state index contributed by atoms with van der Waals surface area (Å²) in [6.45, 7) is 3.56. The van der Waals surface area contributed by atoms with Crippen LogP contribution in [0.3, 0.4) is 0 Å². The molecule has 3 nitrogen and oxygen atoms in total. The van der Waals surface area contributed by atoms with Gasteiger partial charge in [0, 0.05) is 11.1 Å². The van der Waals surface area contributed by atoms with Gasteiger partial charge in [-0.05, 0) is 38.1 Å². The van der Waals surface area contributed by atoms with Crippen molar-refractivity contribution in [2.75, 3.05) is 7.05 Å². The molecular weight excluding hydrogens is 292 g/mol. The Labute approximate surface area is 121 Å². The van der Waals surface area contributed by atoms with Gasteiger partial charge in [-0.3, -0.25) is 9.69 Å². The van der Waals surface area contributed by atoms with Gasteiger partial charge in [0.1, 0.15) is 11.9 Å². The standard InChI is InChI=1S/C13H16Cl2FNO2/c1-4-12(13(18)19)17(3)7(2)8-5-11(16)10(15)6-9(8)14/h5-7,12H,4H2,1-3H3,(H,18,19). The third-order valence-electron chi connectivity index (χ3n) is 3.26. The molecule has 1 rings (SSSR count). The summed E-state index contributed by atoms with van der Waals surface area (Å²) in [5.74, 6) is -1.48. The number of nitrogens with zero attached hydrogens (tertiary/aromatic N) is 1. The van der Waals surface area contributed by atoms with Crippen molar-refractivity contribution in [2.24, 2.45) is 0 Å². The maximum Gasteiger partial charge on any atom is 0.320 e. The molecule has 0 amide bonds. The summed E-state index contributed by atoms with van der Waals surface area (Å²) in [7, 11) is 1.68. The lowest BCUT2D eigenvalue weighted by Crippen LogP contribution is -2.39. The highest BCUT2D eigenvalue weighted by Gasteiger charge is 2.26. The number of hydrogen-bond acceptors (Lipinski definition) is 2. The lowest BCUT2D eigenvalue weighted by atomic mass is 10.0. The first kappa shape index (κ1) is 16.2. The van der Waals surface area contributed by atoms with E-state index in [-0.39, 0.29) is 11.1 Å². The van der Waals surface area contributed by atoms with Gasteiger partial charge in [-0.25, -0.2) is 4.39 Å². The molecule has 1 aromatic carbocycles. The maximum atomic E-state index is 13.5. The molecule has 0 heterocycles. The van der Waals surface area contributed by atoms with E-state index in [4.69, 9.17) is 28.3 Å². The third kappa shape index (κ3) is 3.59. The summed E-state index contributed by atoms with van der Waals surface area (Å²) in [6, 6.07) is 1.60. The van der Waals surface area contributed by atoms with Crippen LogP contribution >= 0.6 is 23.2 Å². The molecule has 6 heteroatoms. The highest BCUT2D eigenvalue weighted by atomic mass is 35.5. The SMILES string of the molecule is CCC(C(=O)O)N(C)C(C)c1cc(F)c(Cl)cc1Cl. The van der Waals surface area contributed by atoms with Crippen molar-refractivity contribution in [3.05, 3.63) is 33.6 Å². The second-order valence-electron chi connectivity index (χ2n) is 4.39. The van der Waals surface area contributed by atoms with Crippen molar-refractivity contribution >= 4 is 29.2 Å². The number of hydrogen-bond donors (Lipinski definition) is 1. The summed E-state index contributed by atoms with van der Waals surface area (Å²) < 4.78 is 13.5. The number of rotatable bonds is 5. The van der Waals surface area contributed by atoms with Gasteiger partial charge in [-0.2, -0.15) is 0 Å². The van der Waals surface area contributed by atoms with Gasteiger partial charge < -0.3 is 5.11 Å². The summed E-state index contributed by atoms with van der Waals surface area (Å²) in [5, 5.41) is 9.42. The second kappa shape index (κ2) is 6.55. The van der Waals surface area contributed by atoms with Crippen LogP contribution in [0.2, 0.25) is 10.0 Å². The van der Waals surface area contributed by atoms with Crippen molar-refractivity contribution < 1.29 is 14.3 Å². The molecule has 0 fully saturated rings. The van der Waals surface area contributed by atoms with Crippen LogP contribution in [0.1, 0.15) is 31.9 Å². The summed E-state index contributed by atoms with van der Waals surface area (Å²) in [4.78, 5) is 12.8. The van der Waals surface area contributed by atoms with Crippen molar-refractivity contribution in [3.63, 3.8) is 0 Å². The summed E-state index contributed by atoms with van der Waals surface area (Å²) in [6.07, 6.45) is 0.448. The number of carboxylic acids is 1. The Hall–Kier alpha value is -0.840. The lowest BCUT2D eigenvalue weighted by molar-refractivity contribution is -0.143. The molecular formula is C13H16Cl2FNO2. The quantitative estimate of drug-likeness (QED) is 0.836. The first-order chi connectivity index (χ1) is 8.79. The number of carboxylic acid groups (broad SMARTS) is 1. The van der Waals surface area contributed by atoms with Gasteiger partial charge in [0.15, 0.2) is 0 Å². The minimum absolute atomic E-state index is 0.0473. The molecule has 2 atom stereocenters. The molecule has 19 heavy (non-hydrogen) atoms. The van der Waals surface area contributed by atoms with Crippen LogP contribution in [-0.2, 0) is 4.79 Å². The van der Waals surface area contributed by atoms with Gasteiger partial charge in [-0.1, -0.05) is 30.1 Å². The van der Waals surface area contributed by atoms with Gasteiger partial charge in [0.05, 0.1) is 5.02 Å². The Balaban J connectivity index is 3.09. The Bertz CT molecular complexity index is 482. The molecule has 1 N–H and O–H groups in total. The van der Waals surface area contributed by atoms with E-state index in [0.29, 0.717) is 17.0 Å². The maximum absolute atomic E-state index is 13.5. The second-order valence-corrected chi connectivity index (χ2v) is 5.21. The minimum Gasteiger partial charge on any atom is -0.480 e. The van der Waals surface area contributed by atoms with Gasteiger partial charge in [-0.15, -0.1) is 0 Å². The predicted molar refractivity (Wildman–Crippen MR) is 74.3 cm³/mol. The van der Waals surface area contributed by atoms with Gasteiger partial charge >= 0.3 is 5.97 Å². The summed E-state index contributed by atoms with van der Waals surface area (Å²) >= 11 is 11.7. The topological polar surface area (TPSA) is 40.5 Å². The zero-order chi connectivity index (χ0) is 14.7. The van der Waals surface area contributed by atoms with Crippen LogP contribution in [0.25, 0.3) is 0 Å². The molecule has 0 aromatic heterocycles. The van der Waals surface area contributed by atoms with E-state index < -0.39 is 17.8 Å². The monoisotopic (exact) mass is 307 g/mol. The zero-order valence-corrected chi connectivity index (χ0v) is 12.5. The third-order valence-corrected chi connectivity index (χ3v) is 3.88. The van der Waals surface area contributed by atoms with E-state index in [1.165, 1.54) is 12.1 Å². The molecule has 2 unspecified atom stereocenters. The first-order valence-corrected chi connectivity index (χ1v) is 6.64. The Kier molecular flexibility index (Phi) is 5.59. The predicted octanol–water partition coefficient (Wildman–Crippen LogP) is 3.99. The van der Waals surface area contributed by atoms with Crippen LogP contribution in [0.15, 0.2) is 12.1 Å². The van der Waals surface area contributed by atoms with E-state index in [2.05, 4.69) is 0 Å². The molecule has 0 bridgehead atoms. The van der Waals surface area contributed by atoms with E-state index in [0.717, 1.165) is 0 Å². The van der Waals surface area contributed by atoms with Crippen LogP contribution in [0, 0.1) is 5.82 Å². The summed E-state index contributed by atoms with van der Waals surface area (Å²) in [5.41, 5.74) is 0.519. The van der Waals surface area contributed by atoms with Gasteiger partial charge in [0.2, 0.25) is 0 Å². The van der Waals surface area contributed by atoms with Crippen molar-refractivity contribution in [1.82, 2.24) is 4.90 Å². The molecule has 0 spiro atoms. The first-order valence-electron chi connectivity index (χ1n) is 5.88. The highest BCUT2D eigenvalue weighted by Crippen LogP contribution is 2.32. The molecule has 0 aliphatic heterocycles. The zero-order valence-electron chi connectivity index (χ0n) is 11.0. The molecule has 0 saturated carbocycles. The van der Waals surface area contributed by atoms with E-state index in [1.807, 2.05) is 0 Å². The van der Waals surface area contributed by atoms with E-state index >= 15 is 0 Å². The molecule has 106 valence electrons.